The van der Waals surface area contributed by atoms with Crippen LogP contribution in [-0.4, -0.2) is 39.8 Å². The van der Waals surface area contributed by atoms with E-state index < -0.39 is 21.5 Å². The fourth-order valence-electron chi connectivity index (χ4n) is 8.07. The highest BCUT2D eigenvalue weighted by molar-refractivity contribution is 7.92. The molecule has 0 spiro atoms. The van der Waals surface area contributed by atoms with Crippen LogP contribution in [0, 0.1) is 0 Å². The van der Waals surface area contributed by atoms with E-state index in [1.54, 1.807) is 11.8 Å². The lowest BCUT2D eigenvalue weighted by Gasteiger charge is -2.37. The quantitative estimate of drug-likeness (QED) is 0.157. The van der Waals surface area contributed by atoms with E-state index in [-0.39, 0.29) is 16.9 Å². The van der Waals surface area contributed by atoms with Gasteiger partial charge in [0.2, 0.25) is 5.88 Å². The van der Waals surface area contributed by atoms with E-state index in [2.05, 4.69) is 25.6 Å². The van der Waals surface area contributed by atoms with Crippen LogP contribution in [0.5, 0.6) is 5.88 Å². The third-order valence-corrected chi connectivity index (χ3v) is 12.1. The molecule has 50 heavy (non-hydrogen) atoms. The Balaban J connectivity index is 1.33. The van der Waals surface area contributed by atoms with E-state index in [1.165, 1.54) is 17.3 Å². The van der Waals surface area contributed by atoms with E-state index in [1.807, 2.05) is 97.9 Å². The number of fused-ring (bicyclic) bond motifs is 3. The summed E-state index contributed by atoms with van der Waals surface area (Å²) in [5.41, 5.74) is 6.88. The molecule has 256 valence electrons. The minimum absolute atomic E-state index is 0.161. The molecule has 10 heteroatoms. The van der Waals surface area contributed by atoms with Crippen molar-refractivity contribution in [3.8, 4) is 5.88 Å². The average Bonchev–Trinajstić information content (AvgIpc) is 3.93. The first-order chi connectivity index (χ1) is 24.4. The number of hydrogen-bond acceptors (Lipinski definition) is 5. The maximum Gasteiger partial charge on any atom is 0.354 e. The van der Waals surface area contributed by atoms with Crippen LogP contribution in [0.3, 0.4) is 0 Å². The molecular weight excluding hydrogens is 647 g/mol. The van der Waals surface area contributed by atoms with E-state index in [9.17, 15) is 4.79 Å². The number of aromatic nitrogens is 2. The van der Waals surface area contributed by atoms with Gasteiger partial charge in [0.05, 0.1) is 19.3 Å². The molecule has 1 aliphatic heterocycles. The van der Waals surface area contributed by atoms with Crippen LogP contribution in [0.1, 0.15) is 64.6 Å². The number of methoxy groups -OCH3 is 1. The van der Waals surface area contributed by atoms with Gasteiger partial charge in [0.25, 0.3) is 0 Å². The summed E-state index contributed by atoms with van der Waals surface area (Å²) in [5.74, 6) is 0.505. The minimum atomic E-state index is -3.82. The molecule has 0 saturated heterocycles. The largest absolute Gasteiger partial charge is 0.472 e. The van der Waals surface area contributed by atoms with Gasteiger partial charge in [-0.15, -0.1) is 4.36 Å². The maximum absolute atomic E-state index is 16.0. The average molecular weight is 688 g/mol. The lowest BCUT2D eigenvalue weighted by molar-refractivity contribution is 0.179. The van der Waals surface area contributed by atoms with Crippen molar-refractivity contribution in [2.24, 2.45) is 4.36 Å². The fraction of sp³-hybridized carbons (Fsp3) is 0.300. The Bertz CT molecular complexity index is 2060. The molecule has 3 aliphatic rings. The molecule has 0 bridgehead atoms. The van der Waals surface area contributed by atoms with Crippen molar-refractivity contribution >= 4 is 21.6 Å². The number of aryl methyl sites for hydroxylation is 2. The first-order valence-electron chi connectivity index (χ1n) is 17.3. The molecule has 5 aromatic rings. The highest BCUT2D eigenvalue weighted by Crippen LogP contribution is 2.45. The second-order valence-corrected chi connectivity index (χ2v) is 15.3. The molecule has 2 amide bonds. The van der Waals surface area contributed by atoms with Crippen LogP contribution < -0.4 is 14.8 Å². The molecule has 2 heterocycles. The molecule has 0 radical (unpaired) electrons. The van der Waals surface area contributed by atoms with Gasteiger partial charge < -0.3 is 14.8 Å². The van der Waals surface area contributed by atoms with Gasteiger partial charge in [0.1, 0.15) is 16.5 Å². The van der Waals surface area contributed by atoms with Crippen LogP contribution in [0.4, 0.5) is 10.5 Å². The number of amides is 2. The summed E-state index contributed by atoms with van der Waals surface area (Å²) in [4.78, 5) is 14.7. The SMILES string of the molecule is COC[C@H]1CCc2cc3c(c(NC(=O)N=[S@](=O)(NC(c4ccccc4)(c4ccccc4)c4ccccc4)c4cnn5c4O[C@@H](C)C5)c21)CCC3. The molecule has 0 fully saturated rings. The van der Waals surface area contributed by atoms with Crippen molar-refractivity contribution in [2.75, 3.05) is 19.0 Å². The predicted octanol–water partition coefficient (Wildman–Crippen LogP) is 7.38. The Labute approximate surface area is 293 Å². The van der Waals surface area contributed by atoms with Gasteiger partial charge in [-0.25, -0.2) is 18.4 Å². The summed E-state index contributed by atoms with van der Waals surface area (Å²) in [7, 11) is -2.10. The van der Waals surface area contributed by atoms with Crippen LogP contribution in [-0.2, 0) is 46.0 Å². The number of anilines is 1. The predicted molar refractivity (Wildman–Crippen MR) is 194 cm³/mol. The summed E-state index contributed by atoms with van der Waals surface area (Å²) >= 11 is 0. The van der Waals surface area contributed by atoms with Crippen molar-refractivity contribution in [1.29, 1.82) is 0 Å². The van der Waals surface area contributed by atoms with Crippen LogP contribution >= 0.6 is 0 Å². The van der Waals surface area contributed by atoms with Crippen LogP contribution in [0.2, 0.25) is 0 Å². The van der Waals surface area contributed by atoms with Gasteiger partial charge in [-0.1, -0.05) is 97.1 Å². The summed E-state index contributed by atoms with van der Waals surface area (Å²) in [5, 5.41) is 7.73. The minimum Gasteiger partial charge on any atom is -0.472 e. The monoisotopic (exact) mass is 687 g/mol. The summed E-state index contributed by atoms with van der Waals surface area (Å²) < 4.78 is 37.7. The van der Waals surface area contributed by atoms with E-state index >= 15 is 4.21 Å². The second-order valence-electron chi connectivity index (χ2n) is 13.4. The second kappa shape index (κ2) is 13.2. The first-order valence-corrected chi connectivity index (χ1v) is 18.8. The number of carbonyl (C=O) groups excluding carboxylic acids is 1. The summed E-state index contributed by atoms with van der Waals surface area (Å²) in [6.07, 6.45) is 6.10. The molecule has 2 aliphatic carbocycles. The molecule has 3 atom stereocenters. The number of ether oxygens (including phenoxy) is 2. The Morgan fingerprint density at radius 2 is 1.60 bits per heavy atom. The van der Waals surface area contributed by atoms with Crippen molar-refractivity contribution in [3.63, 3.8) is 0 Å². The zero-order valence-electron chi connectivity index (χ0n) is 28.3. The highest BCUT2D eigenvalue weighted by Gasteiger charge is 2.42. The number of nitrogens with one attached hydrogen (secondary N) is 2. The zero-order chi connectivity index (χ0) is 34.3. The van der Waals surface area contributed by atoms with Gasteiger partial charge in [0.15, 0.2) is 9.92 Å². The Hall–Kier alpha value is -4.77. The molecule has 0 saturated carbocycles. The van der Waals surface area contributed by atoms with E-state index in [0.717, 1.165) is 65.6 Å². The third kappa shape index (κ3) is 5.61. The highest BCUT2D eigenvalue weighted by atomic mass is 32.2. The Morgan fingerprint density at radius 1 is 0.960 bits per heavy atom. The molecule has 0 unspecified atom stereocenters. The lowest BCUT2D eigenvalue weighted by atomic mass is 9.78. The van der Waals surface area contributed by atoms with Gasteiger partial charge in [0, 0.05) is 18.7 Å². The van der Waals surface area contributed by atoms with Crippen LogP contribution in [0.15, 0.2) is 113 Å². The topological polar surface area (TPSA) is 107 Å². The zero-order valence-corrected chi connectivity index (χ0v) is 29.1. The van der Waals surface area contributed by atoms with Crippen molar-refractivity contribution < 1.29 is 18.5 Å². The normalized spacial score (nSPS) is 18.8. The standard InChI is InChI=1S/C40H41N5O4S/c1-27-25-45-38(49-27)35(24-41-45)50(47,43-39(46)42-37-34-20-12-13-28(34)23-29-21-22-30(26-48-2)36(29)37)44-40(31-14-6-3-7-15-31,32-16-8-4-9-17-32)33-18-10-5-11-19-33/h3-11,14-19,23-24,27,30H,12-13,20-22,25-26H2,1-2H3,(H2,42,43,44,46,47)/t27-,30+,50-/m0/s1. The maximum atomic E-state index is 16.0. The van der Waals surface area contributed by atoms with Gasteiger partial charge >= 0.3 is 6.03 Å². The number of carbonyl (C=O) groups is 1. The molecule has 1 aromatic heterocycles. The first kappa shape index (κ1) is 32.4. The Kier molecular flexibility index (Phi) is 8.54. The van der Waals surface area contributed by atoms with Gasteiger partial charge in [-0.2, -0.15) is 5.10 Å². The molecule has 4 aromatic carbocycles. The number of nitrogens with zero attached hydrogens (tertiary/aromatic N) is 3. The Morgan fingerprint density at radius 3 is 2.22 bits per heavy atom. The van der Waals surface area contributed by atoms with Crippen molar-refractivity contribution in [1.82, 2.24) is 14.5 Å². The molecule has 9 nitrogen and oxygen atoms in total. The third-order valence-electron chi connectivity index (χ3n) is 10.2. The lowest BCUT2D eigenvalue weighted by Crippen LogP contribution is -2.48. The van der Waals surface area contributed by atoms with Crippen molar-refractivity contribution in [3.05, 3.63) is 142 Å². The van der Waals surface area contributed by atoms with Gasteiger partial charge in [-0.05, 0) is 78.0 Å². The molecular formula is C40H41N5O4S. The number of benzene rings is 4. The molecule has 2 N–H and O–H groups in total. The van der Waals surface area contributed by atoms with Crippen molar-refractivity contribution in [2.45, 2.75) is 68.0 Å². The number of rotatable bonds is 9. The summed E-state index contributed by atoms with van der Waals surface area (Å²) in [6.45, 7) is 3.00. The van der Waals surface area contributed by atoms with E-state index in [4.69, 9.17) is 9.47 Å². The van der Waals surface area contributed by atoms with E-state index in [0.29, 0.717) is 19.0 Å². The smallest absolute Gasteiger partial charge is 0.354 e. The summed E-state index contributed by atoms with van der Waals surface area (Å²) in [6, 6.07) is 31.2. The van der Waals surface area contributed by atoms with Gasteiger partial charge in [-0.3, -0.25) is 0 Å². The molecule has 8 rings (SSSR count). The number of urea groups is 1. The fourth-order valence-corrected chi connectivity index (χ4v) is 9.95. The number of hydrogen-bond donors (Lipinski definition) is 2. The van der Waals surface area contributed by atoms with Crippen LogP contribution in [0.25, 0.3) is 0 Å².